The van der Waals surface area contributed by atoms with E-state index in [1.54, 1.807) is 4.68 Å². The summed E-state index contributed by atoms with van der Waals surface area (Å²) < 4.78 is 26.0. The minimum atomic E-state index is -0.316. The summed E-state index contributed by atoms with van der Waals surface area (Å²) in [5.74, 6) is 0.261. The van der Waals surface area contributed by atoms with Crippen LogP contribution in [0.5, 0.6) is 6.01 Å². The van der Waals surface area contributed by atoms with Crippen molar-refractivity contribution in [3.8, 4) is 6.01 Å². The highest BCUT2D eigenvalue weighted by molar-refractivity contribution is 9.10. The topological polar surface area (TPSA) is 49.2 Å². The van der Waals surface area contributed by atoms with E-state index in [1.807, 2.05) is 0 Å². The SMILES string of the molecule is FC1=C(Cl)C=C(Oc2nc(Br)nn2C2COC2)CC1. The Bertz CT molecular complexity index is 568. The lowest BCUT2D eigenvalue weighted by molar-refractivity contribution is -0.0317. The Kier molecular flexibility index (Phi) is 3.60. The molecule has 0 atom stereocenters. The number of hydrogen-bond donors (Lipinski definition) is 0. The minimum Gasteiger partial charge on any atom is -0.429 e. The molecule has 2 aliphatic rings. The Morgan fingerprint density at radius 3 is 2.89 bits per heavy atom. The maximum Gasteiger partial charge on any atom is 0.321 e. The Morgan fingerprint density at radius 2 is 2.26 bits per heavy atom. The van der Waals surface area contributed by atoms with Crippen LogP contribution < -0.4 is 4.74 Å². The Balaban J connectivity index is 1.82. The molecule has 0 spiro atoms. The molecule has 0 N–H and O–H groups in total. The molecule has 0 radical (unpaired) electrons. The summed E-state index contributed by atoms with van der Waals surface area (Å²) in [6.45, 7) is 1.17. The third-order valence-electron chi connectivity index (χ3n) is 2.90. The second-order valence-corrected chi connectivity index (χ2v) is 5.38. The van der Waals surface area contributed by atoms with Gasteiger partial charge in [-0.25, -0.2) is 9.07 Å². The lowest BCUT2D eigenvalue weighted by Crippen LogP contribution is -2.31. The van der Waals surface area contributed by atoms with Gasteiger partial charge in [0.1, 0.15) is 17.6 Å². The van der Waals surface area contributed by atoms with Crippen LogP contribution in [0.4, 0.5) is 4.39 Å². The first-order chi connectivity index (χ1) is 9.13. The van der Waals surface area contributed by atoms with Crippen molar-refractivity contribution in [1.82, 2.24) is 14.8 Å². The van der Waals surface area contributed by atoms with Gasteiger partial charge in [-0.2, -0.15) is 4.98 Å². The molecule has 0 amide bonds. The van der Waals surface area contributed by atoms with E-state index in [0.717, 1.165) is 0 Å². The highest BCUT2D eigenvalue weighted by Gasteiger charge is 2.27. The highest BCUT2D eigenvalue weighted by atomic mass is 79.9. The zero-order valence-electron chi connectivity index (χ0n) is 9.78. The van der Waals surface area contributed by atoms with Gasteiger partial charge < -0.3 is 9.47 Å². The number of rotatable bonds is 3. The first kappa shape index (κ1) is 13.1. The van der Waals surface area contributed by atoms with E-state index in [0.29, 0.717) is 36.1 Å². The standard InChI is InChI=1S/C11H10BrClFN3O2/c12-10-15-11(17(16-10)6-4-18-5-6)19-7-1-2-9(14)8(13)3-7/h3,6H,1-2,4-5H2. The predicted octanol–water partition coefficient (Wildman–Crippen LogP) is 3.09. The average Bonchev–Trinajstić information content (AvgIpc) is 2.63. The second kappa shape index (κ2) is 5.22. The van der Waals surface area contributed by atoms with Crippen LogP contribution in [0.25, 0.3) is 0 Å². The molecule has 1 aliphatic carbocycles. The van der Waals surface area contributed by atoms with E-state index in [4.69, 9.17) is 21.1 Å². The third-order valence-corrected chi connectivity index (χ3v) is 3.55. The van der Waals surface area contributed by atoms with Crippen LogP contribution in [0.2, 0.25) is 0 Å². The Morgan fingerprint density at radius 1 is 1.47 bits per heavy atom. The highest BCUT2D eigenvalue weighted by Crippen LogP contribution is 2.30. The summed E-state index contributed by atoms with van der Waals surface area (Å²) in [7, 11) is 0. The van der Waals surface area contributed by atoms with Gasteiger partial charge in [0.25, 0.3) is 0 Å². The van der Waals surface area contributed by atoms with Gasteiger partial charge in [-0.1, -0.05) is 11.6 Å². The van der Waals surface area contributed by atoms with E-state index >= 15 is 0 Å². The molecule has 3 rings (SSSR count). The van der Waals surface area contributed by atoms with Gasteiger partial charge in [0.2, 0.25) is 4.73 Å². The van der Waals surface area contributed by atoms with Crippen LogP contribution in [0.1, 0.15) is 18.9 Å². The van der Waals surface area contributed by atoms with Gasteiger partial charge in [-0.05, 0) is 22.0 Å². The number of ether oxygens (including phenoxy) is 2. The number of nitrogens with zero attached hydrogens (tertiary/aromatic N) is 3. The molecule has 5 nitrogen and oxygen atoms in total. The smallest absolute Gasteiger partial charge is 0.321 e. The van der Waals surface area contributed by atoms with E-state index in [2.05, 4.69) is 26.0 Å². The van der Waals surface area contributed by atoms with E-state index in [9.17, 15) is 4.39 Å². The summed E-state index contributed by atoms with van der Waals surface area (Å²) in [5.41, 5.74) is 0. The van der Waals surface area contributed by atoms with Gasteiger partial charge in [0.15, 0.2) is 0 Å². The zero-order valence-corrected chi connectivity index (χ0v) is 12.1. The van der Waals surface area contributed by atoms with Crippen molar-refractivity contribution in [3.63, 3.8) is 0 Å². The molecule has 0 bridgehead atoms. The molecule has 0 saturated carbocycles. The van der Waals surface area contributed by atoms with Crippen LogP contribution in [0.3, 0.4) is 0 Å². The molecule has 19 heavy (non-hydrogen) atoms. The van der Waals surface area contributed by atoms with Gasteiger partial charge in [0, 0.05) is 12.8 Å². The maximum atomic E-state index is 13.2. The molecule has 1 aliphatic heterocycles. The molecule has 2 heterocycles. The van der Waals surface area contributed by atoms with Crippen LogP contribution in [-0.2, 0) is 4.74 Å². The molecule has 0 aromatic carbocycles. The number of hydrogen-bond acceptors (Lipinski definition) is 4. The fraction of sp³-hybridized carbons (Fsp3) is 0.455. The fourth-order valence-electron chi connectivity index (χ4n) is 1.80. The van der Waals surface area contributed by atoms with Crippen LogP contribution in [0.15, 0.2) is 27.4 Å². The largest absolute Gasteiger partial charge is 0.429 e. The molecule has 102 valence electrons. The normalized spacial score (nSPS) is 20.3. The van der Waals surface area contributed by atoms with E-state index < -0.39 is 0 Å². The Labute approximate surface area is 122 Å². The quantitative estimate of drug-likeness (QED) is 0.840. The number of halogens is 3. The van der Waals surface area contributed by atoms with Crippen LogP contribution >= 0.6 is 27.5 Å². The van der Waals surface area contributed by atoms with Crippen LogP contribution in [-0.4, -0.2) is 28.0 Å². The van der Waals surface area contributed by atoms with Gasteiger partial charge in [0.05, 0.1) is 18.2 Å². The van der Waals surface area contributed by atoms with Crippen molar-refractivity contribution in [3.05, 3.63) is 27.4 Å². The molecule has 1 aromatic rings. The zero-order chi connectivity index (χ0) is 13.4. The molecule has 8 heteroatoms. The van der Waals surface area contributed by atoms with Crippen molar-refractivity contribution in [2.75, 3.05) is 13.2 Å². The number of aromatic nitrogens is 3. The summed E-state index contributed by atoms with van der Waals surface area (Å²) >= 11 is 8.96. The summed E-state index contributed by atoms with van der Waals surface area (Å²) in [6, 6.07) is 0.485. The second-order valence-electron chi connectivity index (χ2n) is 4.26. The van der Waals surface area contributed by atoms with Gasteiger partial charge in [-0.15, -0.1) is 5.10 Å². The van der Waals surface area contributed by atoms with E-state index in [-0.39, 0.29) is 23.3 Å². The lowest BCUT2D eigenvalue weighted by Gasteiger charge is -2.26. The molecule has 1 saturated heterocycles. The predicted molar refractivity (Wildman–Crippen MR) is 69.5 cm³/mol. The maximum absolute atomic E-state index is 13.2. The molecule has 1 aromatic heterocycles. The minimum absolute atomic E-state index is 0.0818. The summed E-state index contributed by atoms with van der Waals surface area (Å²) in [6.07, 6.45) is 2.17. The van der Waals surface area contributed by atoms with Crippen molar-refractivity contribution in [1.29, 1.82) is 0 Å². The number of allylic oxidation sites excluding steroid dienone is 4. The average molecular weight is 351 g/mol. The van der Waals surface area contributed by atoms with Gasteiger partial charge in [-0.3, -0.25) is 0 Å². The first-order valence-electron chi connectivity index (χ1n) is 5.76. The van der Waals surface area contributed by atoms with Gasteiger partial charge >= 0.3 is 6.01 Å². The van der Waals surface area contributed by atoms with E-state index in [1.165, 1.54) is 6.08 Å². The summed E-state index contributed by atoms with van der Waals surface area (Å²) in [5, 5.41) is 4.28. The molecule has 0 unspecified atom stereocenters. The van der Waals surface area contributed by atoms with Crippen molar-refractivity contribution >= 4 is 27.5 Å². The Hall–Kier alpha value is -0.920. The third kappa shape index (κ3) is 2.68. The van der Waals surface area contributed by atoms with Crippen molar-refractivity contribution in [2.24, 2.45) is 0 Å². The summed E-state index contributed by atoms with van der Waals surface area (Å²) in [4.78, 5) is 4.15. The monoisotopic (exact) mass is 349 g/mol. The lowest BCUT2D eigenvalue weighted by atomic mass is 10.1. The molecular formula is C11H10BrClFN3O2. The van der Waals surface area contributed by atoms with Crippen molar-refractivity contribution < 1.29 is 13.9 Å². The molecule has 1 fully saturated rings. The van der Waals surface area contributed by atoms with Crippen LogP contribution in [0, 0.1) is 0 Å². The molecular weight excluding hydrogens is 340 g/mol. The fourth-order valence-corrected chi connectivity index (χ4v) is 2.34. The van der Waals surface area contributed by atoms with Crippen molar-refractivity contribution in [2.45, 2.75) is 18.9 Å². The first-order valence-corrected chi connectivity index (χ1v) is 6.93.